The zero-order chi connectivity index (χ0) is 21.1. The number of imidazole rings is 1. The summed E-state index contributed by atoms with van der Waals surface area (Å²) in [5.74, 6) is 0.316. The highest BCUT2D eigenvalue weighted by Crippen LogP contribution is 2.41. The Kier molecular flexibility index (Phi) is 5.87. The Hall–Kier alpha value is -3.10. The first-order valence-electron chi connectivity index (χ1n) is 10.1. The molecule has 0 bridgehead atoms. The third kappa shape index (κ3) is 4.24. The average Bonchev–Trinajstić information content (AvgIpc) is 3.16. The van der Waals surface area contributed by atoms with Crippen LogP contribution in [0.5, 0.6) is 11.5 Å². The molecule has 4 rings (SSSR count). The van der Waals surface area contributed by atoms with E-state index in [4.69, 9.17) is 4.74 Å². The molecule has 0 spiro atoms. The number of phenols is 1. The van der Waals surface area contributed by atoms with Crippen LogP contribution >= 0.6 is 0 Å². The molecule has 2 atom stereocenters. The van der Waals surface area contributed by atoms with Gasteiger partial charge in [0.25, 0.3) is 5.91 Å². The summed E-state index contributed by atoms with van der Waals surface area (Å²) >= 11 is 0. The van der Waals surface area contributed by atoms with Crippen LogP contribution in [-0.4, -0.2) is 45.4 Å². The molecule has 1 aliphatic heterocycles. The van der Waals surface area contributed by atoms with Gasteiger partial charge in [-0.1, -0.05) is 19.1 Å². The molecule has 0 saturated carbocycles. The molecule has 0 aliphatic carbocycles. The molecule has 2 heterocycles. The van der Waals surface area contributed by atoms with Crippen LogP contribution < -0.4 is 15.4 Å². The van der Waals surface area contributed by atoms with Crippen LogP contribution in [0, 0.1) is 5.92 Å². The van der Waals surface area contributed by atoms with E-state index in [-0.39, 0.29) is 24.0 Å². The zero-order valence-electron chi connectivity index (χ0n) is 16.8. The van der Waals surface area contributed by atoms with Gasteiger partial charge >= 0.3 is 0 Å². The van der Waals surface area contributed by atoms with Crippen molar-refractivity contribution < 1.29 is 19.7 Å². The van der Waals surface area contributed by atoms with E-state index in [9.17, 15) is 15.0 Å². The van der Waals surface area contributed by atoms with Gasteiger partial charge in [-0.2, -0.15) is 0 Å². The molecule has 0 fully saturated rings. The Morgan fingerprint density at radius 3 is 2.97 bits per heavy atom. The largest absolute Gasteiger partial charge is 0.506 e. The maximum Gasteiger partial charge on any atom is 0.262 e. The summed E-state index contributed by atoms with van der Waals surface area (Å²) in [6.45, 7) is 4.00. The molecule has 0 radical (unpaired) electrons. The predicted molar refractivity (Wildman–Crippen MR) is 114 cm³/mol. The van der Waals surface area contributed by atoms with Crippen LogP contribution in [0.15, 0.2) is 42.7 Å². The number of ether oxygens (including phenoxy) is 1. The first kappa shape index (κ1) is 20.2. The number of hydrogen-bond acceptors (Lipinski definition) is 6. The van der Waals surface area contributed by atoms with E-state index < -0.39 is 6.10 Å². The number of aryl methyl sites for hydroxylation is 1. The first-order valence-corrected chi connectivity index (χ1v) is 10.1. The number of hydrogen-bond donors (Lipinski definition) is 4. The van der Waals surface area contributed by atoms with Crippen LogP contribution in [0.3, 0.4) is 0 Å². The van der Waals surface area contributed by atoms with Gasteiger partial charge in [0.05, 0.1) is 23.5 Å². The number of aromatic hydroxyl groups is 1. The van der Waals surface area contributed by atoms with E-state index >= 15 is 0 Å². The second-order valence-corrected chi connectivity index (χ2v) is 7.71. The molecule has 2 unspecified atom stereocenters. The first-order chi connectivity index (χ1) is 14.5. The number of phenolic OH excluding ortho intramolecular Hbond substituents is 1. The Morgan fingerprint density at radius 2 is 2.10 bits per heavy atom. The van der Waals surface area contributed by atoms with Gasteiger partial charge < -0.3 is 30.2 Å². The minimum Gasteiger partial charge on any atom is -0.506 e. The molecule has 0 saturated heterocycles. The molecule has 2 aromatic carbocycles. The number of carbonyl (C=O) groups is 1. The minimum absolute atomic E-state index is 0.0809. The monoisotopic (exact) mass is 410 g/mol. The van der Waals surface area contributed by atoms with Crippen LogP contribution in [0.4, 0.5) is 5.69 Å². The normalized spacial score (nSPS) is 15.3. The molecular formula is C22H26N4O4. The molecule has 1 amide bonds. The van der Waals surface area contributed by atoms with Gasteiger partial charge in [-0.25, -0.2) is 4.98 Å². The zero-order valence-corrected chi connectivity index (χ0v) is 16.8. The highest BCUT2D eigenvalue weighted by atomic mass is 16.5. The number of aliphatic hydroxyl groups excluding tert-OH is 1. The number of benzene rings is 2. The molecule has 8 nitrogen and oxygen atoms in total. The number of carbonyl (C=O) groups excluding carboxylic acids is 1. The van der Waals surface area contributed by atoms with Gasteiger partial charge in [0.1, 0.15) is 11.4 Å². The number of aromatic nitrogens is 2. The van der Waals surface area contributed by atoms with Crippen molar-refractivity contribution in [2.45, 2.75) is 26.0 Å². The minimum atomic E-state index is -0.820. The molecule has 3 aromatic rings. The van der Waals surface area contributed by atoms with Crippen LogP contribution in [0.2, 0.25) is 0 Å². The quantitative estimate of drug-likeness (QED) is 0.425. The molecule has 8 heteroatoms. The molecular weight excluding hydrogens is 384 g/mol. The lowest BCUT2D eigenvalue weighted by molar-refractivity contribution is -0.118. The van der Waals surface area contributed by atoms with Crippen molar-refractivity contribution in [2.24, 2.45) is 5.92 Å². The lowest BCUT2D eigenvalue weighted by Crippen LogP contribution is -2.29. The van der Waals surface area contributed by atoms with E-state index in [1.807, 2.05) is 24.5 Å². The summed E-state index contributed by atoms with van der Waals surface area (Å²) in [7, 11) is 0. The predicted octanol–water partition coefficient (Wildman–Crippen LogP) is 2.42. The number of nitrogens with one attached hydrogen (secondary N) is 2. The molecule has 1 aliphatic rings. The Bertz CT molecular complexity index is 1050. The number of fused-ring (bicyclic) bond motifs is 2. The van der Waals surface area contributed by atoms with Crippen molar-refractivity contribution in [3.63, 3.8) is 0 Å². The van der Waals surface area contributed by atoms with Gasteiger partial charge in [-0.05, 0) is 43.1 Å². The average molecular weight is 410 g/mol. The van der Waals surface area contributed by atoms with E-state index in [1.165, 1.54) is 6.07 Å². The summed E-state index contributed by atoms with van der Waals surface area (Å²) in [5.41, 5.74) is 2.89. The maximum atomic E-state index is 11.5. The van der Waals surface area contributed by atoms with Gasteiger partial charge in [0.2, 0.25) is 0 Å². The molecule has 30 heavy (non-hydrogen) atoms. The van der Waals surface area contributed by atoms with Crippen molar-refractivity contribution in [2.75, 3.05) is 25.0 Å². The third-order valence-electron chi connectivity index (χ3n) is 5.36. The van der Waals surface area contributed by atoms with Gasteiger partial charge in [0.15, 0.2) is 12.4 Å². The van der Waals surface area contributed by atoms with Crippen LogP contribution in [0.25, 0.3) is 11.0 Å². The van der Waals surface area contributed by atoms with Gasteiger partial charge in [-0.3, -0.25) is 4.79 Å². The second kappa shape index (κ2) is 8.73. The van der Waals surface area contributed by atoms with E-state index in [1.54, 1.807) is 6.07 Å². The fourth-order valence-corrected chi connectivity index (χ4v) is 3.67. The number of amides is 1. The SMILES string of the molecule is CC(CCn1cnc2ccccc21)CNCC(O)c1ccc(O)c2c1OCC(=O)N2. The second-order valence-electron chi connectivity index (χ2n) is 7.71. The fraction of sp³-hybridized carbons (Fsp3) is 0.364. The molecule has 1 aromatic heterocycles. The lowest BCUT2D eigenvalue weighted by atomic mass is 10.0. The smallest absolute Gasteiger partial charge is 0.262 e. The Morgan fingerprint density at radius 1 is 1.27 bits per heavy atom. The van der Waals surface area contributed by atoms with Crippen molar-refractivity contribution in [1.29, 1.82) is 0 Å². The van der Waals surface area contributed by atoms with Crippen molar-refractivity contribution in [1.82, 2.24) is 14.9 Å². The fourth-order valence-electron chi connectivity index (χ4n) is 3.67. The highest BCUT2D eigenvalue weighted by molar-refractivity contribution is 5.97. The molecule has 158 valence electrons. The number of nitrogens with zero attached hydrogens (tertiary/aromatic N) is 2. The van der Waals surface area contributed by atoms with E-state index in [2.05, 4.69) is 33.2 Å². The summed E-state index contributed by atoms with van der Waals surface area (Å²) in [4.78, 5) is 15.9. The lowest BCUT2D eigenvalue weighted by Gasteiger charge is -2.24. The van der Waals surface area contributed by atoms with Crippen LogP contribution in [-0.2, 0) is 11.3 Å². The van der Waals surface area contributed by atoms with Gasteiger partial charge in [-0.15, -0.1) is 0 Å². The third-order valence-corrected chi connectivity index (χ3v) is 5.36. The number of anilines is 1. The van der Waals surface area contributed by atoms with Crippen molar-refractivity contribution in [3.8, 4) is 11.5 Å². The van der Waals surface area contributed by atoms with E-state index in [0.29, 0.717) is 23.8 Å². The van der Waals surface area contributed by atoms with Crippen LogP contribution in [0.1, 0.15) is 25.0 Å². The summed E-state index contributed by atoms with van der Waals surface area (Å²) in [6.07, 6.45) is 2.04. The summed E-state index contributed by atoms with van der Waals surface area (Å²) in [6, 6.07) is 11.2. The standard InChI is InChI=1S/C22H26N4O4/c1-14(8-9-26-13-24-16-4-2-3-5-17(16)26)10-23-11-19(28)15-6-7-18(27)21-22(15)30-12-20(29)25-21/h2-7,13-14,19,23,27-28H,8-12H2,1H3,(H,25,29). The van der Waals surface area contributed by atoms with E-state index in [0.717, 1.165) is 30.5 Å². The summed E-state index contributed by atoms with van der Waals surface area (Å²) in [5, 5.41) is 26.4. The topological polar surface area (TPSA) is 109 Å². The number of aliphatic hydroxyl groups is 1. The highest BCUT2D eigenvalue weighted by Gasteiger charge is 2.25. The Labute approximate surface area is 174 Å². The summed E-state index contributed by atoms with van der Waals surface area (Å²) < 4.78 is 7.60. The van der Waals surface area contributed by atoms with Crippen molar-refractivity contribution >= 4 is 22.6 Å². The van der Waals surface area contributed by atoms with Crippen molar-refractivity contribution in [3.05, 3.63) is 48.3 Å². The van der Waals surface area contributed by atoms with Gasteiger partial charge in [0, 0.05) is 18.7 Å². The Balaban J connectivity index is 1.29. The molecule has 4 N–H and O–H groups in total. The number of para-hydroxylation sites is 2. The number of rotatable bonds is 8. The maximum absolute atomic E-state index is 11.5.